The van der Waals surface area contributed by atoms with Crippen LogP contribution in [-0.4, -0.2) is 54.2 Å². The summed E-state index contributed by atoms with van der Waals surface area (Å²) in [4.78, 5) is 3.95. The third-order valence-corrected chi connectivity index (χ3v) is 6.62. The molecule has 0 spiro atoms. The molecule has 2 rings (SSSR count). The minimum atomic E-state index is -3.67. The Morgan fingerprint density at radius 1 is 1.60 bits per heavy atom. The van der Waals surface area contributed by atoms with Gasteiger partial charge in [0.1, 0.15) is 0 Å². The Morgan fingerprint density at radius 2 is 2.25 bits per heavy atom. The van der Waals surface area contributed by atoms with E-state index in [9.17, 15) is 13.5 Å². The number of rotatable bonds is 3. The third kappa shape index (κ3) is 3.15. The first kappa shape index (κ1) is 16.1. The van der Waals surface area contributed by atoms with Crippen LogP contribution in [-0.2, 0) is 14.8 Å². The number of hydrogen-bond donors (Lipinski definition) is 1. The molecule has 1 aliphatic rings. The first-order valence-electron chi connectivity index (χ1n) is 6.07. The molecule has 1 saturated heterocycles. The highest BCUT2D eigenvalue weighted by molar-refractivity contribution is 7.91. The largest absolute Gasteiger partial charge is 0.394 e. The minimum absolute atomic E-state index is 0.122. The summed E-state index contributed by atoms with van der Waals surface area (Å²) in [5.74, 6) is 0. The molecule has 6 nitrogen and oxygen atoms in total. The standard InChI is InChI=1S/C11H17ClN2O4S2/c1-7-9(19-10(12)13-7)20(16,17)14-4-8(5-15)18-11(2,3)6-14/h8,15H,4-6H2,1-3H3. The topological polar surface area (TPSA) is 79.7 Å². The molecule has 0 radical (unpaired) electrons. The number of aryl methyl sites for hydroxylation is 1. The summed E-state index contributed by atoms with van der Waals surface area (Å²) in [5.41, 5.74) is -0.258. The number of aliphatic hydroxyl groups excluding tert-OH is 1. The van der Waals surface area contributed by atoms with Gasteiger partial charge in [0.05, 0.1) is 24.0 Å². The van der Waals surface area contributed by atoms with Crippen molar-refractivity contribution in [1.29, 1.82) is 0 Å². The van der Waals surface area contributed by atoms with Gasteiger partial charge in [-0.3, -0.25) is 0 Å². The van der Waals surface area contributed by atoms with Gasteiger partial charge in [-0.2, -0.15) is 4.31 Å². The van der Waals surface area contributed by atoms with Crippen molar-refractivity contribution in [3.63, 3.8) is 0 Å². The maximum atomic E-state index is 12.7. The van der Waals surface area contributed by atoms with Crippen molar-refractivity contribution in [3.05, 3.63) is 10.2 Å². The zero-order valence-electron chi connectivity index (χ0n) is 11.5. The van der Waals surface area contributed by atoms with Gasteiger partial charge in [0.25, 0.3) is 10.0 Å². The number of sulfonamides is 1. The molecule has 1 N–H and O–H groups in total. The van der Waals surface area contributed by atoms with E-state index in [1.807, 2.05) is 0 Å². The van der Waals surface area contributed by atoms with Crippen LogP contribution in [0.25, 0.3) is 0 Å². The Kier molecular flexibility index (Phi) is 4.44. The van der Waals surface area contributed by atoms with E-state index in [1.165, 1.54) is 4.31 Å². The molecule has 1 aromatic rings. The molecule has 0 aliphatic carbocycles. The Hall–Kier alpha value is -0.250. The van der Waals surface area contributed by atoms with E-state index in [4.69, 9.17) is 16.3 Å². The Balaban J connectivity index is 2.36. The number of thiazole rings is 1. The van der Waals surface area contributed by atoms with Gasteiger partial charge >= 0.3 is 0 Å². The summed E-state index contributed by atoms with van der Waals surface area (Å²) in [6.45, 7) is 5.33. The van der Waals surface area contributed by atoms with Crippen LogP contribution in [0.15, 0.2) is 4.21 Å². The lowest BCUT2D eigenvalue weighted by Crippen LogP contribution is -2.55. The molecule has 0 aromatic carbocycles. The number of morpholine rings is 1. The van der Waals surface area contributed by atoms with Crippen LogP contribution >= 0.6 is 22.9 Å². The van der Waals surface area contributed by atoms with Crippen LogP contribution in [0.3, 0.4) is 0 Å². The van der Waals surface area contributed by atoms with Crippen molar-refractivity contribution in [3.8, 4) is 0 Å². The summed E-state index contributed by atoms with van der Waals surface area (Å²) in [7, 11) is -3.67. The Bertz CT molecular complexity index is 600. The zero-order chi connectivity index (χ0) is 15.1. The minimum Gasteiger partial charge on any atom is -0.394 e. The van der Waals surface area contributed by atoms with Crippen LogP contribution in [0.4, 0.5) is 0 Å². The second-order valence-corrected chi connectivity index (χ2v) is 9.03. The Labute approximate surface area is 127 Å². The van der Waals surface area contributed by atoms with E-state index in [1.54, 1.807) is 20.8 Å². The Morgan fingerprint density at radius 3 is 2.75 bits per heavy atom. The first-order chi connectivity index (χ1) is 9.15. The number of ether oxygens (including phenoxy) is 1. The van der Waals surface area contributed by atoms with Gasteiger partial charge in [0, 0.05) is 13.1 Å². The molecule has 2 heterocycles. The predicted octanol–water partition coefficient (Wildman–Crippen LogP) is 1.27. The number of hydrogen-bond acceptors (Lipinski definition) is 6. The lowest BCUT2D eigenvalue weighted by Gasteiger charge is -2.41. The fourth-order valence-corrected chi connectivity index (χ4v) is 5.72. The highest BCUT2D eigenvalue weighted by atomic mass is 35.5. The summed E-state index contributed by atoms with van der Waals surface area (Å²) in [5, 5.41) is 9.26. The van der Waals surface area contributed by atoms with Gasteiger partial charge in [-0.05, 0) is 20.8 Å². The second-order valence-electron chi connectivity index (χ2n) is 5.32. The summed E-state index contributed by atoms with van der Waals surface area (Å²) >= 11 is 6.73. The van der Waals surface area contributed by atoms with Gasteiger partial charge in [0.15, 0.2) is 8.68 Å². The number of nitrogens with zero attached hydrogens (tertiary/aromatic N) is 2. The number of aromatic nitrogens is 1. The maximum absolute atomic E-state index is 12.7. The van der Waals surface area contributed by atoms with Gasteiger partial charge in [-0.25, -0.2) is 13.4 Å². The molecule has 20 heavy (non-hydrogen) atoms. The van der Waals surface area contributed by atoms with Crippen molar-refractivity contribution < 1.29 is 18.3 Å². The fraction of sp³-hybridized carbons (Fsp3) is 0.727. The summed E-state index contributed by atoms with van der Waals surface area (Å²) in [6, 6.07) is 0. The third-order valence-electron chi connectivity index (χ3n) is 2.96. The van der Waals surface area contributed by atoms with E-state index in [-0.39, 0.29) is 28.4 Å². The van der Waals surface area contributed by atoms with Crippen LogP contribution in [0.2, 0.25) is 4.47 Å². The smallest absolute Gasteiger partial charge is 0.254 e. The first-order valence-corrected chi connectivity index (χ1v) is 8.71. The molecule has 0 amide bonds. The summed E-state index contributed by atoms with van der Waals surface area (Å²) in [6.07, 6.45) is -0.530. The molecule has 1 fully saturated rings. The average molecular weight is 341 g/mol. The highest BCUT2D eigenvalue weighted by Crippen LogP contribution is 2.32. The molecule has 114 valence electrons. The van der Waals surface area contributed by atoms with E-state index >= 15 is 0 Å². The number of aliphatic hydroxyl groups is 1. The normalized spacial score (nSPS) is 23.9. The predicted molar refractivity (Wildman–Crippen MR) is 76.7 cm³/mol. The second kappa shape index (κ2) is 5.51. The molecular weight excluding hydrogens is 324 g/mol. The van der Waals surface area contributed by atoms with E-state index in [0.29, 0.717) is 5.69 Å². The average Bonchev–Trinajstić information content (AvgIpc) is 2.67. The summed E-state index contributed by atoms with van der Waals surface area (Å²) < 4.78 is 32.6. The zero-order valence-corrected chi connectivity index (χ0v) is 13.8. The van der Waals surface area contributed by atoms with E-state index in [2.05, 4.69) is 4.98 Å². The lowest BCUT2D eigenvalue weighted by molar-refractivity contribution is -0.131. The van der Waals surface area contributed by atoms with Crippen LogP contribution < -0.4 is 0 Å². The molecule has 1 aliphatic heterocycles. The van der Waals surface area contributed by atoms with Gasteiger partial charge < -0.3 is 9.84 Å². The molecule has 0 saturated carbocycles. The fourth-order valence-electron chi connectivity index (χ4n) is 2.23. The molecule has 9 heteroatoms. The van der Waals surface area contributed by atoms with Crippen LogP contribution in [0, 0.1) is 6.92 Å². The van der Waals surface area contributed by atoms with Crippen molar-refractivity contribution >= 4 is 33.0 Å². The van der Waals surface area contributed by atoms with Gasteiger partial charge in [-0.15, -0.1) is 0 Å². The van der Waals surface area contributed by atoms with Crippen molar-refractivity contribution in [2.75, 3.05) is 19.7 Å². The molecule has 1 aromatic heterocycles. The van der Waals surface area contributed by atoms with Gasteiger partial charge in [0.2, 0.25) is 0 Å². The molecule has 1 atom stereocenters. The van der Waals surface area contributed by atoms with E-state index < -0.39 is 21.7 Å². The highest BCUT2D eigenvalue weighted by Gasteiger charge is 2.40. The molecular formula is C11H17ClN2O4S2. The van der Waals surface area contributed by atoms with Crippen LogP contribution in [0.1, 0.15) is 19.5 Å². The monoisotopic (exact) mass is 340 g/mol. The van der Waals surface area contributed by atoms with Crippen LogP contribution in [0.5, 0.6) is 0 Å². The SMILES string of the molecule is Cc1nc(Cl)sc1S(=O)(=O)N1CC(CO)OC(C)(C)C1. The van der Waals surface area contributed by atoms with E-state index in [0.717, 1.165) is 11.3 Å². The van der Waals surface area contributed by atoms with Crippen molar-refractivity contribution in [2.24, 2.45) is 0 Å². The van der Waals surface area contributed by atoms with Crippen molar-refractivity contribution in [1.82, 2.24) is 9.29 Å². The lowest BCUT2D eigenvalue weighted by atomic mass is 10.1. The molecule has 1 unspecified atom stereocenters. The van der Waals surface area contributed by atoms with Crippen molar-refractivity contribution in [2.45, 2.75) is 36.7 Å². The maximum Gasteiger partial charge on any atom is 0.254 e. The number of halogens is 1. The quantitative estimate of drug-likeness (QED) is 0.896. The van der Waals surface area contributed by atoms with Gasteiger partial charge in [-0.1, -0.05) is 22.9 Å². The molecule has 0 bridgehead atoms.